The summed E-state index contributed by atoms with van der Waals surface area (Å²) in [5.41, 5.74) is 7.50. The molecule has 1 aliphatic rings. The van der Waals surface area contributed by atoms with Gasteiger partial charge in [-0.05, 0) is 22.9 Å². The van der Waals surface area contributed by atoms with E-state index in [1.165, 1.54) is 0 Å². The number of carbonyl (C=O) groups excluding carboxylic acids is 2. The number of fused-ring (bicyclic) bond motifs is 3. The number of aromatic amines is 1. The molecule has 6 heteroatoms. The molecule has 134 valence electrons. The highest BCUT2D eigenvalue weighted by Crippen LogP contribution is 2.29. The number of ether oxygens (including phenoxy) is 1. The molecule has 0 saturated carbocycles. The van der Waals surface area contributed by atoms with Crippen molar-refractivity contribution in [3.05, 3.63) is 47.7 Å². The van der Waals surface area contributed by atoms with Gasteiger partial charge < -0.3 is 15.5 Å². The van der Waals surface area contributed by atoms with Crippen molar-refractivity contribution in [1.82, 2.24) is 9.88 Å². The number of amides is 1. The maximum absolute atomic E-state index is 12.6. The fourth-order valence-electron chi connectivity index (χ4n) is 3.56. The van der Waals surface area contributed by atoms with Crippen molar-refractivity contribution in [2.75, 3.05) is 32.8 Å². The molecule has 4 rings (SSSR count). The number of ketones is 1. The molecule has 1 aromatic heterocycles. The average molecular weight is 351 g/mol. The Hall–Kier alpha value is -2.70. The maximum atomic E-state index is 12.6. The van der Waals surface area contributed by atoms with Gasteiger partial charge in [0.05, 0.1) is 18.8 Å². The van der Waals surface area contributed by atoms with Crippen molar-refractivity contribution >= 4 is 33.4 Å². The van der Waals surface area contributed by atoms with Crippen molar-refractivity contribution < 1.29 is 14.3 Å². The molecule has 1 amide bonds. The van der Waals surface area contributed by atoms with Gasteiger partial charge in [-0.1, -0.05) is 18.2 Å². The third kappa shape index (κ3) is 3.09. The van der Waals surface area contributed by atoms with Crippen LogP contribution in [0.2, 0.25) is 0 Å². The lowest BCUT2D eigenvalue weighted by Crippen LogP contribution is -2.37. The molecule has 2 aromatic carbocycles. The Kier molecular flexibility index (Phi) is 4.44. The second-order valence-corrected chi connectivity index (χ2v) is 6.62. The number of nitrogens with two attached hydrogens (primary N) is 1. The number of H-pyrrole nitrogens is 1. The number of morpholine rings is 1. The minimum atomic E-state index is -0.464. The monoisotopic (exact) mass is 351 g/mol. The summed E-state index contributed by atoms with van der Waals surface area (Å²) in [6.45, 7) is 3.99. The van der Waals surface area contributed by atoms with Gasteiger partial charge in [-0.2, -0.15) is 0 Å². The molecule has 1 saturated heterocycles. The summed E-state index contributed by atoms with van der Waals surface area (Å²) in [7, 11) is 0. The molecule has 3 N–H and O–H groups in total. The van der Waals surface area contributed by atoms with Crippen LogP contribution in [0.3, 0.4) is 0 Å². The predicted octanol–water partition coefficient (Wildman–Crippen LogP) is 2.33. The van der Waals surface area contributed by atoms with Crippen LogP contribution in [0.25, 0.3) is 21.7 Å². The van der Waals surface area contributed by atoms with Crippen LogP contribution >= 0.6 is 0 Å². The van der Waals surface area contributed by atoms with E-state index in [-0.39, 0.29) is 5.78 Å². The molecule has 0 unspecified atom stereocenters. The Morgan fingerprint density at radius 2 is 1.96 bits per heavy atom. The van der Waals surface area contributed by atoms with Crippen LogP contribution in [-0.4, -0.2) is 54.4 Å². The molecule has 0 bridgehead atoms. The standard InChI is InChI=1S/C20H21N3O3/c21-20(25)16-12-22-17-4-2-13-11-14(1-3-15(13)19(16)17)18(24)5-6-23-7-9-26-10-8-23/h1-4,11-12,22H,5-10H2,(H2,21,25). The van der Waals surface area contributed by atoms with Gasteiger partial charge in [0.2, 0.25) is 0 Å². The zero-order chi connectivity index (χ0) is 18.1. The molecule has 2 heterocycles. The first-order valence-corrected chi connectivity index (χ1v) is 8.80. The number of rotatable bonds is 5. The second kappa shape index (κ2) is 6.90. The summed E-state index contributed by atoms with van der Waals surface area (Å²) >= 11 is 0. The molecule has 3 aromatic rings. The fraction of sp³-hybridized carbons (Fsp3) is 0.300. The predicted molar refractivity (Wildman–Crippen MR) is 101 cm³/mol. The van der Waals surface area contributed by atoms with Gasteiger partial charge in [0, 0.05) is 48.7 Å². The van der Waals surface area contributed by atoms with Gasteiger partial charge >= 0.3 is 0 Å². The van der Waals surface area contributed by atoms with E-state index in [4.69, 9.17) is 10.5 Å². The average Bonchev–Trinajstić information content (AvgIpc) is 3.11. The Morgan fingerprint density at radius 1 is 1.15 bits per heavy atom. The third-order valence-electron chi connectivity index (χ3n) is 5.01. The topological polar surface area (TPSA) is 88.4 Å². The molecule has 0 radical (unpaired) electrons. The minimum Gasteiger partial charge on any atom is -0.379 e. The van der Waals surface area contributed by atoms with Crippen molar-refractivity contribution in [1.29, 1.82) is 0 Å². The SMILES string of the molecule is NC(=O)c1c[nH]c2ccc3cc(C(=O)CCN4CCOCC4)ccc3c12. The van der Waals surface area contributed by atoms with Crippen molar-refractivity contribution in [2.45, 2.75) is 6.42 Å². The van der Waals surface area contributed by atoms with Gasteiger partial charge in [-0.15, -0.1) is 0 Å². The second-order valence-electron chi connectivity index (χ2n) is 6.62. The highest BCUT2D eigenvalue weighted by atomic mass is 16.5. The van der Waals surface area contributed by atoms with E-state index in [2.05, 4.69) is 9.88 Å². The third-order valence-corrected chi connectivity index (χ3v) is 5.01. The molecule has 26 heavy (non-hydrogen) atoms. The number of hydrogen-bond acceptors (Lipinski definition) is 4. The van der Waals surface area contributed by atoms with Crippen LogP contribution in [0.1, 0.15) is 27.1 Å². The molecule has 1 aliphatic heterocycles. The summed E-state index contributed by atoms with van der Waals surface area (Å²) < 4.78 is 5.33. The highest BCUT2D eigenvalue weighted by Gasteiger charge is 2.15. The summed E-state index contributed by atoms with van der Waals surface area (Å²) in [4.78, 5) is 29.6. The van der Waals surface area contributed by atoms with Crippen LogP contribution in [0, 0.1) is 0 Å². The van der Waals surface area contributed by atoms with Crippen LogP contribution < -0.4 is 5.73 Å². The smallest absolute Gasteiger partial charge is 0.250 e. The number of nitrogens with one attached hydrogen (secondary N) is 1. The first-order valence-electron chi connectivity index (χ1n) is 8.80. The Balaban J connectivity index is 1.60. The Bertz CT molecular complexity index is 987. The molecule has 0 aliphatic carbocycles. The fourth-order valence-corrected chi connectivity index (χ4v) is 3.56. The Labute approximate surface area is 150 Å². The summed E-state index contributed by atoms with van der Waals surface area (Å²) in [6.07, 6.45) is 2.12. The number of primary amides is 1. The molecule has 1 fully saturated rings. The first kappa shape index (κ1) is 16.8. The van der Waals surface area contributed by atoms with Crippen molar-refractivity contribution in [3.8, 4) is 0 Å². The molecule has 6 nitrogen and oxygen atoms in total. The molecule has 0 atom stereocenters. The highest BCUT2D eigenvalue weighted by molar-refractivity contribution is 6.17. The molecular weight excluding hydrogens is 330 g/mol. The van der Waals surface area contributed by atoms with Gasteiger partial charge in [0.1, 0.15) is 0 Å². The van der Waals surface area contributed by atoms with Gasteiger partial charge in [0.15, 0.2) is 5.78 Å². The van der Waals surface area contributed by atoms with Crippen LogP contribution in [0.15, 0.2) is 36.5 Å². The summed E-state index contributed by atoms with van der Waals surface area (Å²) in [6, 6.07) is 9.50. The molecule has 0 spiro atoms. The van der Waals surface area contributed by atoms with E-state index in [1.54, 1.807) is 6.20 Å². The van der Waals surface area contributed by atoms with Crippen molar-refractivity contribution in [3.63, 3.8) is 0 Å². The van der Waals surface area contributed by atoms with E-state index in [1.807, 2.05) is 30.3 Å². The maximum Gasteiger partial charge on any atom is 0.250 e. The van der Waals surface area contributed by atoms with E-state index in [0.29, 0.717) is 17.5 Å². The quantitative estimate of drug-likeness (QED) is 0.691. The first-order chi connectivity index (χ1) is 12.6. The van der Waals surface area contributed by atoms with Gasteiger partial charge in [0.25, 0.3) is 5.91 Å². The number of hydrogen-bond donors (Lipinski definition) is 2. The summed E-state index contributed by atoms with van der Waals surface area (Å²) in [5, 5.41) is 2.65. The Morgan fingerprint density at radius 3 is 2.73 bits per heavy atom. The zero-order valence-corrected chi connectivity index (χ0v) is 14.5. The number of aromatic nitrogens is 1. The van der Waals surface area contributed by atoms with E-state index >= 15 is 0 Å². The normalized spacial score (nSPS) is 15.5. The van der Waals surface area contributed by atoms with E-state index < -0.39 is 5.91 Å². The van der Waals surface area contributed by atoms with E-state index in [9.17, 15) is 9.59 Å². The van der Waals surface area contributed by atoms with Crippen LogP contribution in [0.4, 0.5) is 0 Å². The minimum absolute atomic E-state index is 0.127. The van der Waals surface area contributed by atoms with Crippen LogP contribution in [0.5, 0.6) is 0 Å². The lowest BCUT2D eigenvalue weighted by molar-refractivity contribution is 0.0370. The van der Waals surface area contributed by atoms with Crippen molar-refractivity contribution in [2.24, 2.45) is 5.73 Å². The number of nitrogens with zero attached hydrogens (tertiary/aromatic N) is 1. The van der Waals surface area contributed by atoms with Gasteiger partial charge in [-0.25, -0.2) is 0 Å². The van der Waals surface area contributed by atoms with E-state index in [0.717, 1.165) is 54.5 Å². The molecular formula is C20H21N3O3. The number of benzene rings is 2. The largest absolute Gasteiger partial charge is 0.379 e. The number of carbonyl (C=O) groups is 2. The zero-order valence-electron chi connectivity index (χ0n) is 14.5. The lowest BCUT2D eigenvalue weighted by Gasteiger charge is -2.26. The number of Topliss-reactive ketones (excluding diaryl/α,β-unsaturated/α-hetero) is 1. The lowest BCUT2D eigenvalue weighted by atomic mass is 9.99. The van der Waals surface area contributed by atoms with Crippen LogP contribution in [-0.2, 0) is 4.74 Å². The summed E-state index contributed by atoms with van der Waals surface area (Å²) in [5.74, 6) is -0.336. The van der Waals surface area contributed by atoms with Gasteiger partial charge in [-0.3, -0.25) is 14.5 Å².